The molecule has 1 aromatic carbocycles. The Morgan fingerprint density at radius 2 is 1.82 bits per heavy atom. The molecule has 33 heavy (non-hydrogen) atoms. The maximum Gasteiger partial charge on any atom is 0.348 e. The van der Waals surface area contributed by atoms with E-state index in [-0.39, 0.29) is 46.0 Å². The Balaban J connectivity index is 2.10. The number of anilines is 1. The Bertz CT molecular complexity index is 1230. The molecule has 1 atom stereocenters. The molecule has 0 saturated heterocycles. The standard InChI is InChI=1S/C23H27N3O5S2/c1-5-13(4)26-20(27)14-10-8-9-11-16(14)25-23(26)32-12-15-17(21(28)30-6-2)19(24)33-18(15)22(29)31-7-3/h8-11,13H,5-7,12,24H2,1-4H3. The summed E-state index contributed by atoms with van der Waals surface area (Å²) >= 11 is 2.27. The van der Waals surface area contributed by atoms with Gasteiger partial charge in [0, 0.05) is 17.4 Å². The molecular formula is C23H27N3O5S2. The molecule has 0 bridgehead atoms. The van der Waals surface area contributed by atoms with Gasteiger partial charge in [0.05, 0.1) is 29.7 Å². The zero-order valence-electron chi connectivity index (χ0n) is 19.0. The van der Waals surface area contributed by atoms with Crippen molar-refractivity contribution in [3.05, 3.63) is 50.6 Å². The van der Waals surface area contributed by atoms with Gasteiger partial charge in [0.1, 0.15) is 9.88 Å². The first-order chi connectivity index (χ1) is 15.8. The van der Waals surface area contributed by atoms with E-state index >= 15 is 0 Å². The summed E-state index contributed by atoms with van der Waals surface area (Å²) in [7, 11) is 0. The first-order valence-corrected chi connectivity index (χ1v) is 12.5. The maximum absolute atomic E-state index is 13.2. The van der Waals surface area contributed by atoms with E-state index < -0.39 is 11.9 Å². The summed E-state index contributed by atoms with van der Waals surface area (Å²) in [6.07, 6.45) is 0.737. The van der Waals surface area contributed by atoms with E-state index in [1.54, 1.807) is 30.5 Å². The molecule has 1 unspecified atom stereocenters. The highest BCUT2D eigenvalue weighted by Crippen LogP contribution is 2.37. The third-order valence-electron chi connectivity index (χ3n) is 5.13. The van der Waals surface area contributed by atoms with Gasteiger partial charge in [0.2, 0.25) is 0 Å². The Labute approximate surface area is 200 Å². The van der Waals surface area contributed by atoms with Gasteiger partial charge in [0.15, 0.2) is 5.16 Å². The van der Waals surface area contributed by atoms with Crippen LogP contribution in [-0.2, 0) is 15.2 Å². The molecule has 0 amide bonds. The van der Waals surface area contributed by atoms with E-state index in [1.165, 1.54) is 11.8 Å². The molecule has 176 valence electrons. The summed E-state index contributed by atoms with van der Waals surface area (Å²) in [6.45, 7) is 7.73. The number of nitrogens with zero attached hydrogens (tertiary/aromatic N) is 2. The Hall–Kier alpha value is -2.85. The average Bonchev–Trinajstić information content (AvgIpc) is 3.13. The molecule has 2 heterocycles. The molecule has 0 fully saturated rings. The van der Waals surface area contributed by atoms with Gasteiger partial charge in [-0.15, -0.1) is 11.3 Å². The zero-order chi connectivity index (χ0) is 24.1. The number of thioether (sulfide) groups is 1. The monoisotopic (exact) mass is 489 g/mol. The summed E-state index contributed by atoms with van der Waals surface area (Å²) in [5, 5.41) is 1.24. The van der Waals surface area contributed by atoms with Crippen LogP contribution in [0.4, 0.5) is 5.00 Å². The van der Waals surface area contributed by atoms with Gasteiger partial charge in [-0.1, -0.05) is 30.8 Å². The molecule has 0 aliphatic carbocycles. The van der Waals surface area contributed by atoms with Gasteiger partial charge in [-0.25, -0.2) is 14.6 Å². The van der Waals surface area contributed by atoms with Crippen LogP contribution in [0.3, 0.4) is 0 Å². The number of nitrogens with two attached hydrogens (primary N) is 1. The van der Waals surface area contributed by atoms with Gasteiger partial charge in [-0.2, -0.15) is 0 Å². The van der Waals surface area contributed by atoms with E-state index in [9.17, 15) is 14.4 Å². The fraction of sp³-hybridized carbons (Fsp3) is 0.391. The third kappa shape index (κ3) is 5.06. The van der Waals surface area contributed by atoms with Gasteiger partial charge < -0.3 is 15.2 Å². The first-order valence-electron chi connectivity index (χ1n) is 10.7. The number of thiophene rings is 1. The molecule has 0 aliphatic heterocycles. The minimum Gasteiger partial charge on any atom is -0.462 e. The van der Waals surface area contributed by atoms with Crippen molar-refractivity contribution < 1.29 is 19.1 Å². The van der Waals surface area contributed by atoms with Crippen LogP contribution in [0.5, 0.6) is 0 Å². The molecule has 0 spiro atoms. The Kier molecular flexibility index (Phi) is 8.15. The number of fused-ring (bicyclic) bond motifs is 1. The molecule has 2 N–H and O–H groups in total. The van der Waals surface area contributed by atoms with Crippen molar-refractivity contribution in [2.24, 2.45) is 0 Å². The lowest BCUT2D eigenvalue weighted by Crippen LogP contribution is -2.26. The normalized spacial score (nSPS) is 12.0. The topological polar surface area (TPSA) is 114 Å². The van der Waals surface area contributed by atoms with Crippen molar-refractivity contribution in [2.45, 2.75) is 51.1 Å². The van der Waals surface area contributed by atoms with E-state index in [1.807, 2.05) is 26.0 Å². The highest BCUT2D eigenvalue weighted by Gasteiger charge is 2.28. The van der Waals surface area contributed by atoms with Gasteiger partial charge >= 0.3 is 11.9 Å². The molecule has 0 saturated carbocycles. The quantitative estimate of drug-likeness (QED) is 0.262. The molecular weight excluding hydrogens is 462 g/mol. The van der Waals surface area contributed by atoms with E-state index in [2.05, 4.69) is 0 Å². The van der Waals surface area contributed by atoms with Crippen molar-refractivity contribution in [1.82, 2.24) is 9.55 Å². The fourth-order valence-corrected chi connectivity index (χ4v) is 5.53. The van der Waals surface area contributed by atoms with E-state index in [4.69, 9.17) is 20.2 Å². The summed E-state index contributed by atoms with van der Waals surface area (Å²) < 4.78 is 12.0. The molecule has 3 aromatic rings. The number of benzene rings is 1. The van der Waals surface area contributed by atoms with Crippen LogP contribution in [0.15, 0.2) is 34.2 Å². The molecule has 10 heteroatoms. The van der Waals surface area contributed by atoms with Gasteiger partial charge in [-0.3, -0.25) is 9.36 Å². The van der Waals surface area contributed by atoms with Gasteiger partial charge in [0.25, 0.3) is 5.56 Å². The minimum atomic E-state index is -0.594. The number of carbonyl (C=O) groups is 2. The maximum atomic E-state index is 13.2. The number of esters is 2. The first kappa shape index (κ1) is 24.8. The lowest BCUT2D eigenvalue weighted by molar-refractivity contribution is 0.0527. The van der Waals surface area contributed by atoms with Crippen LogP contribution in [0, 0.1) is 0 Å². The smallest absolute Gasteiger partial charge is 0.348 e. The number of hydrogen-bond acceptors (Lipinski definition) is 9. The molecule has 2 aromatic heterocycles. The number of nitrogen functional groups attached to an aromatic ring is 1. The average molecular weight is 490 g/mol. The van der Waals surface area contributed by atoms with Crippen molar-refractivity contribution >= 4 is 50.9 Å². The fourth-order valence-electron chi connectivity index (χ4n) is 3.35. The minimum absolute atomic E-state index is 0.0845. The second-order valence-corrected chi connectivity index (χ2v) is 9.22. The largest absolute Gasteiger partial charge is 0.462 e. The zero-order valence-corrected chi connectivity index (χ0v) is 20.7. The van der Waals surface area contributed by atoms with Crippen molar-refractivity contribution in [3.63, 3.8) is 0 Å². The van der Waals surface area contributed by atoms with Crippen LogP contribution in [0.25, 0.3) is 10.9 Å². The van der Waals surface area contributed by atoms with Crippen molar-refractivity contribution in [2.75, 3.05) is 18.9 Å². The molecule has 0 aliphatic rings. The van der Waals surface area contributed by atoms with Crippen LogP contribution >= 0.6 is 23.1 Å². The van der Waals surface area contributed by atoms with Crippen LogP contribution in [0.2, 0.25) is 0 Å². The number of carbonyl (C=O) groups excluding carboxylic acids is 2. The van der Waals surface area contributed by atoms with Crippen molar-refractivity contribution in [3.8, 4) is 0 Å². The lowest BCUT2D eigenvalue weighted by Gasteiger charge is -2.18. The van der Waals surface area contributed by atoms with Crippen LogP contribution in [0.1, 0.15) is 65.8 Å². The second-order valence-electron chi connectivity index (χ2n) is 7.22. The van der Waals surface area contributed by atoms with Crippen molar-refractivity contribution in [1.29, 1.82) is 0 Å². The predicted molar refractivity (Wildman–Crippen MR) is 131 cm³/mol. The number of ether oxygens (including phenoxy) is 2. The Morgan fingerprint density at radius 3 is 2.48 bits per heavy atom. The van der Waals surface area contributed by atoms with E-state index in [0.717, 1.165) is 17.8 Å². The van der Waals surface area contributed by atoms with Crippen LogP contribution < -0.4 is 11.3 Å². The highest BCUT2D eigenvalue weighted by atomic mass is 32.2. The molecule has 8 nitrogen and oxygen atoms in total. The van der Waals surface area contributed by atoms with Crippen LogP contribution in [-0.4, -0.2) is 34.7 Å². The highest BCUT2D eigenvalue weighted by molar-refractivity contribution is 7.98. The number of hydrogen-bond donors (Lipinski definition) is 1. The lowest BCUT2D eigenvalue weighted by atomic mass is 10.1. The van der Waals surface area contributed by atoms with E-state index in [0.29, 0.717) is 21.6 Å². The summed E-state index contributed by atoms with van der Waals surface area (Å²) in [6, 6.07) is 7.10. The summed E-state index contributed by atoms with van der Waals surface area (Å²) in [5.74, 6) is -0.952. The SMILES string of the molecule is CCOC(=O)c1sc(N)c(C(=O)OCC)c1CSc1nc2ccccc2c(=O)n1C(C)CC. The Morgan fingerprint density at radius 1 is 1.15 bits per heavy atom. The number of rotatable bonds is 9. The summed E-state index contributed by atoms with van der Waals surface area (Å²) in [5.41, 5.74) is 7.16. The third-order valence-corrected chi connectivity index (χ3v) is 7.15. The second kappa shape index (κ2) is 10.8. The number of para-hydroxylation sites is 1. The van der Waals surface area contributed by atoms with Gasteiger partial charge in [-0.05, 0) is 39.3 Å². The predicted octanol–water partition coefficient (Wildman–Crippen LogP) is 4.66. The summed E-state index contributed by atoms with van der Waals surface area (Å²) in [4.78, 5) is 43.4. The molecule has 3 rings (SSSR count). The molecule has 0 radical (unpaired) electrons. The number of aromatic nitrogens is 2.